The summed E-state index contributed by atoms with van der Waals surface area (Å²) in [5, 5.41) is 4.07. The lowest BCUT2D eigenvalue weighted by molar-refractivity contribution is 0.194. The second-order valence-electron chi connectivity index (χ2n) is 5.33. The SMILES string of the molecule is CC(C)N(C)C(=O)N[C@@H](C)Cc1nc2ccccc2s1. The van der Waals surface area contributed by atoms with E-state index in [1.54, 1.807) is 16.2 Å². The van der Waals surface area contributed by atoms with Crippen molar-refractivity contribution in [3.63, 3.8) is 0 Å². The first-order valence-electron chi connectivity index (χ1n) is 6.85. The Balaban J connectivity index is 1.97. The van der Waals surface area contributed by atoms with Crippen LogP contribution in [0, 0.1) is 0 Å². The average molecular weight is 291 g/mol. The molecule has 4 nitrogen and oxygen atoms in total. The number of aromatic nitrogens is 1. The lowest BCUT2D eigenvalue weighted by Crippen LogP contribution is -2.45. The van der Waals surface area contributed by atoms with Crippen LogP contribution in [0.3, 0.4) is 0 Å². The summed E-state index contributed by atoms with van der Waals surface area (Å²) < 4.78 is 1.19. The maximum absolute atomic E-state index is 12.0. The first-order chi connectivity index (χ1) is 9.47. The molecule has 0 aliphatic heterocycles. The summed E-state index contributed by atoms with van der Waals surface area (Å²) in [7, 11) is 1.81. The zero-order valence-electron chi connectivity index (χ0n) is 12.4. The molecule has 0 aliphatic carbocycles. The van der Waals surface area contributed by atoms with Gasteiger partial charge < -0.3 is 10.2 Å². The van der Waals surface area contributed by atoms with Gasteiger partial charge in [0.2, 0.25) is 0 Å². The fraction of sp³-hybridized carbons (Fsp3) is 0.467. The molecule has 0 unspecified atom stereocenters. The van der Waals surface area contributed by atoms with Gasteiger partial charge in [-0.1, -0.05) is 12.1 Å². The molecule has 1 heterocycles. The molecule has 0 bridgehead atoms. The van der Waals surface area contributed by atoms with E-state index in [4.69, 9.17) is 0 Å². The number of carbonyl (C=O) groups is 1. The number of nitrogens with one attached hydrogen (secondary N) is 1. The summed E-state index contributed by atoms with van der Waals surface area (Å²) in [6, 6.07) is 8.35. The highest BCUT2D eigenvalue weighted by Gasteiger charge is 2.15. The highest BCUT2D eigenvalue weighted by molar-refractivity contribution is 7.18. The third-order valence-corrected chi connectivity index (χ3v) is 4.34. The zero-order chi connectivity index (χ0) is 14.7. The molecule has 0 aliphatic rings. The van der Waals surface area contributed by atoms with E-state index in [1.165, 1.54) is 4.70 Å². The molecule has 1 atom stereocenters. The van der Waals surface area contributed by atoms with Gasteiger partial charge in [0.25, 0.3) is 0 Å². The van der Waals surface area contributed by atoms with Crippen molar-refractivity contribution in [2.24, 2.45) is 0 Å². The standard InChI is InChI=1S/C15H21N3OS/c1-10(2)18(4)15(19)16-11(3)9-14-17-12-7-5-6-8-13(12)20-14/h5-8,10-11H,9H2,1-4H3,(H,16,19)/t11-/m0/s1. The number of amides is 2. The molecular weight excluding hydrogens is 270 g/mol. The smallest absolute Gasteiger partial charge is 0.317 e. The van der Waals surface area contributed by atoms with Crippen LogP contribution in [0.15, 0.2) is 24.3 Å². The molecule has 0 spiro atoms. The van der Waals surface area contributed by atoms with Gasteiger partial charge in [0, 0.05) is 25.6 Å². The number of urea groups is 1. The topological polar surface area (TPSA) is 45.2 Å². The van der Waals surface area contributed by atoms with E-state index in [9.17, 15) is 4.79 Å². The highest BCUT2D eigenvalue weighted by Crippen LogP contribution is 2.22. The molecule has 1 aromatic carbocycles. The van der Waals surface area contributed by atoms with E-state index in [-0.39, 0.29) is 18.1 Å². The van der Waals surface area contributed by atoms with Crippen molar-refractivity contribution in [3.05, 3.63) is 29.3 Å². The number of hydrogen-bond donors (Lipinski definition) is 1. The summed E-state index contributed by atoms with van der Waals surface area (Å²) >= 11 is 1.69. The third kappa shape index (κ3) is 3.48. The monoisotopic (exact) mass is 291 g/mol. The van der Waals surface area contributed by atoms with Crippen molar-refractivity contribution in [1.82, 2.24) is 15.2 Å². The molecule has 2 aromatic rings. The van der Waals surface area contributed by atoms with Crippen LogP contribution in [0.4, 0.5) is 4.79 Å². The summed E-state index contributed by atoms with van der Waals surface area (Å²) in [4.78, 5) is 18.3. The summed E-state index contributed by atoms with van der Waals surface area (Å²) in [6.07, 6.45) is 0.761. The maximum Gasteiger partial charge on any atom is 0.317 e. The lowest BCUT2D eigenvalue weighted by atomic mass is 10.2. The van der Waals surface area contributed by atoms with Crippen molar-refractivity contribution < 1.29 is 4.79 Å². The van der Waals surface area contributed by atoms with Gasteiger partial charge in [0.1, 0.15) is 0 Å². The van der Waals surface area contributed by atoms with Crippen LogP contribution >= 0.6 is 11.3 Å². The minimum Gasteiger partial charge on any atom is -0.335 e. The summed E-state index contributed by atoms with van der Waals surface area (Å²) in [6.45, 7) is 6.01. The number of fused-ring (bicyclic) bond motifs is 1. The minimum absolute atomic E-state index is 0.0337. The molecule has 0 saturated heterocycles. The second kappa shape index (κ2) is 6.22. The van der Waals surface area contributed by atoms with Gasteiger partial charge in [-0.15, -0.1) is 11.3 Å². The van der Waals surface area contributed by atoms with Gasteiger partial charge in [0.05, 0.1) is 15.2 Å². The van der Waals surface area contributed by atoms with Gasteiger partial charge in [-0.05, 0) is 32.9 Å². The lowest BCUT2D eigenvalue weighted by Gasteiger charge is -2.24. The van der Waals surface area contributed by atoms with Crippen molar-refractivity contribution in [1.29, 1.82) is 0 Å². The Bertz CT molecular complexity index is 561. The van der Waals surface area contributed by atoms with Gasteiger partial charge in [0.15, 0.2) is 0 Å². The Morgan fingerprint density at radius 2 is 2.05 bits per heavy atom. The molecular formula is C15H21N3OS. The number of benzene rings is 1. The molecule has 5 heteroatoms. The third-order valence-electron chi connectivity index (χ3n) is 3.28. The van der Waals surface area contributed by atoms with Gasteiger partial charge in [-0.2, -0.15) is 0 Å². The number of thiazole rings is 1. The predicted octanol–water partition coefficient (Wildman–Crippen LogP) is 3.28. The van der Waals surface area contributed by atoms with Crippen molar-refractivity contribution in [2.75, 3.05) is 7.05 Å². The first kappa shape index (κ1) is 14.8. The van der Waals surface area contributed by atoms with Crippen molar-refractivity contribution in [2.45, 2.75) is 39.3 Å². The number of nitrogens with zero attached hydrogens (tertiary/aromatic N) is 2. The Labute approximate surface area is 123 Å². The number of rotatable bonds is 4. The number of hydrogen-bond acceptors (Lipinski definition) is 3. The van der Waals surface area contributed by atoms with E-state index >= 15 is 0 Å². The van der Waals surface area contributed by atoms with E-state index in [2.05, 4.69) is 16.4 Å². The van der Waals surface area contributed by atoms with Crippen LogP contribution in [0.2, 0.25) is 0 Å². The number of carbonyl (C=O) groups excluding carboxylic acids is 1. The Kier molecular flexibility index (Phi) is 4.60. The summed E-state index contributed by atoms with van der Waals surface area (Å²) in [5.74, 6) is 0. The molecule has 0 saturated carbocycles. The molecule has 0 radical (unpaired) electrons. The van der Waals surface area contributed by atoms with Crippen LogP contribution in [0.5, 0.6) is 0 Å². The van der Waals surface area contributed by atoms with Crippen LogP contribution in [-0.2, 0) is 6.42 Å². The summed E-state index contributed by atoms with van der Waals surface area (Å²) in [5.41, 5.74) is 1.03. The predicted molar refractivity (Wildman–Crippen MR) is 84.2 cm³/mol. The molecule has 0 fully saturated rings. The van der Waals surface area contributed by atoms with Crippen LogP contribution in [0.1, 0.15) is 25.8 Å². The number of para-hydroxylation sites is 1. The average Bonchev–Trinajstić information content (AvgIpc) is 2.79. The first-order valence-corrected chi connectivity index (χ1v) is 7.66. The van der Waals surface area contributed by atoms with Crippen molar-refractivity contribution >= 4 is 27.6 Å². The molecule has 2 amide bonds. The van der Waals surface area contributed by atoms with Crippen LogP contribution in [0.25, 0.3) is 10.2 Å². The zero-order valence-corrected chi connectivity index (χ0v) is 13.2. The fourth-order valence-electron chi connectivity index (χ4n) is 1.87. The minimum atomic E-state index is -0.0337. The van der Waals surface area contributed by atoms with Gasteiger partial charge in [-0.25, -0.2) is 9.78 Å². The van der Waals surface area contributed by atoms with Crippen LogP contribution < -0.4 is 5.32 Å². The van der Waals surface area contributed by atoms with Gasteiger partial charge in [-0.3, -0.25) is 0 Å². The van der Waals surface area contributed by atoms with E-state index in [0.717, 1.165) is 16.9 Å². The fourth-order valence-corrected chi connectivity index (χ4v) is 2.96. The quantitative estimate of drug-likeness (QED) is 0.939. The molecule has 108 valence electrons. The highest BCUT2D eigenvalue weighted by atomic mass is 32.1. The van der Waals surface area contributed by atoms with E-state index < -0.39 is 0 Å². The molecule has 1 aromatic heterocycles. The Morgan fingerprint density at radius 3 is 2.70 bits per heavy atom. The van der Waals surface area contributed by atoms with E-state index in [0.29, 0.717) is 0 Å². The molecule has 20 heavy (non-hydrogen) atoms. The molecule has 1 N–H and O–H groups in total. The Morgan fingerprint density at radius 1 is 1.35 bits per heavy atom. The Hall–Kier alpha value is -1.62. The van der Waals surface area contributed by atoms with Gasteiger partial charge >= 0.3 is 6.03 Å². The largest absolute Gasteiger partial charge is 0.335 e. The normalized spacial score (nSPS) is 12.7. The second-order valence-corrected chi connectivity index (χ2v) is 6.45. The molecule has 2 rings (SSSR count). The van der Waals surface area contributed by atoms with E-state index in [1.807, 2.05) is 46.0 Å². The van der Waals surface area contributed by atoms with Crippen LogP contribution in [-0.4, -0.2) is 35.0 Å². The van der Waals surface area contributed by atoms with Crippen molar-refractivity contribution in [3.8, 4) is 0 Å². The maximum atomic E-state index is 12.0.